The van der Waals surface area contributed by atoms with Gasteiger partial charge in [-0.25, -0.2) is 9.97 Å². The lowest BCUT2D eigenvalue weighted by Crippen LogP contribution is -2.05. The number of nitrogens with one attached hydrogen (secondary N) is 2. The Balaban J connectivity index is 0.00000468. The summed E-state index contributed by atoms with van der Waals surface area (Å²) in [6.45, 7) is 1.52. The van der Waals surface area contributed by atoms with Crippen LogP contribution in [0.25, 0.3) is 43.6 Å². The van der Waals surface area contributed by atoms with Crippen LogP contribution in [-0.4, -0.2) is 47.1 Å². The molecule has 12 nitrogen and oxygen atoms in total. The molecule has 4 aromatic carbocycles. The van der Waals surface area contributed by atoms with E-state index in [4.69, 9.17) is 19.4 Å². The average Bonchev–Trinajstić information content (AvgIpc) is 3.10. The van der Waals surface area contributed by atoms with Crippen molar-refractivity contribution in [2.75, 3.05) is 37.9 Å². The fourth-order valence-corrected chi connectivity index (χ4v) is 6.18. The van der Waals surface area contributed by atoms with Crippen LogP contribution in [0.5, 0.6) is 11.5 Å². The number of hydrogen-bond donors (Lipinski definition) is 2. The minimum absolute atomic E-state index is 0. The van der Waals surface area contributed by atoms with E-state index >= 15 is 0 Å². The van der Waals surface area contributed by atoms with E-state index in [0.717, 1.165) is 84.5 Å². The first-order valence-corrected chi connectivity index (χ1v) is 16.0. The molecular formula is C36H37ClN6O6. The van der Waals surface area contributed by atoms with Crippen molar-refractivity contribution in [3.8, 4) is 11.5 Å². The molecule has 0 spiro atoms. The fraction of sp³-hybridized carbons (Fsp3) is 0.278. The maximum Gasteiger partial charge on any atom is 0.271 e. The van der Waals surface area contributed by atoms with Gasteiger partial charge in [-0.05, 0) is 37.1 Å². The van der Waals surface area contributed by atoms with E-state index in [2.05, 4.69) is 10.6 Å². The SMILES string of the molecule is COc1cccc2c(NCCCCCCCCNc3c4ccc([N+](=O)[O-])cc4nc4c(OC)cccc34)c3ccc([N+](=O)[O-])cc3nc12.Cl. The zero-order valence-electron chi connectivity index (χ0n) is 27.2. The number of methoxy groups -OCH3 is 2. The predicted molar refractivity (Wildman–Crippen MR) is 197 cm³/mol. The highest BCUT2D eigenvalue weighted by atomic mass is 35.5. The van der Waals surface area contributed by atoms with Crippen LogP contribution < -0.4 is 20.1 Å². The van der Waals surface area contributed by atoms with Gasteiger partial charge in [-0.3, -0.25) is 20.2 Å². The molecule has 0 amide bonds. The quantitative estimate of drug-likeness (QED) is 0.0463. The Morgan fingerprint density at radius 2 is 1.00 bits per heavy atom. The fourth-order valence-electron chi connectivity index (χ4n) is 6.18. The molecule has 0 bridgehead atoms. The van der Waals surface area contributed by atoms with Gasteiger partial charge in [-0.1, -0.05) is 49.9 Å². The molecule has 13 heteroatoms. The molecule has 0 saturated carbocycles. The van der Waals surface area contributed by atoms with Gasteiger partial charge in [-0.2, -0.15) is 0 Å². The lowest BCUT2D eigenvalue weighted by atomic mass is 10.1. The molecule has 6 aromatic rings. The number of para-hydroxylation sites is 2. The number of halogens is 1. The molecule has 0 aliphatic heterocycles. The summed E-state index contributed by atoms with van der Waals surface area (Å²) in [5.41, 5.74) is 4.22. The third-order valence-electron chi connectivity index (χ3n) is 8.57. The number of ether oxygens (including phenoxy) is 2. The first kappa shape index (κ1) is 34.8. The van der Waals surface area contributed by atoms with Gasteiger partial charge in [0.25, 0.3) is 11.4 Å². The van der Waals surface area contributed by atoms with Crippen molar-refractivity contribution < 1.29 is 19.3 Å². The maximum absolute atomic E-state index is 11.4. The topological polar surface area (TPSA) is 155 Å². The molecule has 0 radical (unpaired) electrons. The number of nitro benzene ring substituents is 2. The van der Waals surface area contributed by atoms with Crippen LogP contribution >= 0.6 is 12.4 Å². The van der Waals surface area contributed by atoms with Crippen LogP contribution in [0, 0.1) is 20.2 Å². The van der Waals surface area contributed by atoms with Crippen LogP contribution in [0.3, 0.4) is 0 Å². The van der Waals surface area contributed by atoms with Gasteiger partial charge in [0.05, 0.1) is 46.5 Å². The number of hydrogen-bond acceptors (Lipinski definition) is 10. The van der Waals surface area contributed by atoms with E-state index in [9.17, 15) is 20.2 Å². The summed E-state index contributed by atoms with van der Waals surface area (Å²) < 4.78 is 11.1. The first-order chi connectivity index (χ1) is 23.4. The lowest BCUT2D eigenvalue weighted by Gasteiger charge is -2.15. The number of rotatable bonds is 15. The van der Waals surface area contributed by atoms with Crippen LogP contribution in [0.1, 0.15) is 38.5 Å². The number of aromatic nitrogens is 2. The molecule has 0 fully saturated rings. The maximum atomic E-state index is 11.4. The van der Waals surface area contributed by atoms with E-state index in [1.165, 1.54) is 24.3 Å². The number of benzene rings is 4. The first-order valence-electron chi connectivity index (χ1n) is 16.0. The van der Waals surface area contributed by atoms with Crippen molar-refractivity contribution in [1.82, 2.24) is 9.97 Å². The second-order valence-electron chi connectivity index (χ2n) is 11.6. The zero-order valence-corrected chi connectivity index (χ0v) is 28.0. The number of anilines is 2. The Morgan fingerprint density at radius 3 is 1.39 bits per heavy atom. The number of non-ortho nitro benzene ring substituents is 2. The molecule has 0 saturated heterocycles. The normalized spacial score (nSPS) is 11.1. The third-order valence-corrected chi connectivity index (χ3v) is 8.57. The minimum atomic E-state index is -0.410. The standard InChI is InChI=1S/C36H36N6O6.ClH/c1-47-31-13-9-11-27-33(25-17-15-23(41(43)44)21-29(25)39-35(27)31)37-19-7-5-3-4-6-8-20-38-34-26-18-16-24(42(45)46)22-30(26)40-36-28(34)12-10-14-32(36)48-2;/h9-18,21-22H,3-8,19-20H2,1-2H3,(H,37,39)(H,38,40);1H. The van der Waals surface area contributed by atoms with E-state index in [1.54, 1.807) is 26.4 Å². The molecular weight excluding hydrogens is 648 g/mol. The number of pyridine rings is 2. The van der Waals surface area contributed by atoms with Gasteiger partial charge in [0.2, 0.25) is 0 Å². The van der Waals surface area contributed by atoms with Crippen molar-refractivity contribution in [2.24, 2.45) is 0 Å². The number of nitrogens with zero attached hydrogens (tertiary/aromatic N) is 4. The second kappa shape index (κ2) is 15.6. The van der Waals surface area contributed by atoms with Crippen LogP contribution in [0.4, 0.5) is 22.7 Å². The molecule has 2 aromatic heterocycles. The highest BCUT2D eigenvalue weighted by Gasteiger charge is 2.17. The molecule has 2 heterocycles. The summed E-state index contributed by atoms with van der Waals surface area (Å²) >= 11 is 0. The van der Waals surface area contributed by atoms with Gasteiger partial charge in [0.1, 0.15) is 22.5 Å². The molecule has 49 heavy (non-hydrogen) atoms. The number of fused-ring (bicyclic) bond motifs is 4. The van der Waals surface area contributed by atoms with Crippen LogP contribution in [0.15, 0.2) is 72.8 Å². The third kappa shape index (κ3) is 7.34. The van der Waals surface area contributed by atoms with Crippen molar-refractivity contribution in [2.45, 2.75) is 38.5 Å². The van der Waals surface area contributed by atoms with Crippen molar-refractivity contribution in [1.29, 1.82) is 0 Å². The zero-order chi connectivity index (χ0) is 33.6. The largest absolute Gasteiger partial charge is 0.494 e. The highest BCUT2D eigenvalue weighted by molar-refractivity contribution is 6.10. The summed E-state index contributed by atoms with van der Waals surface area (Å²) in [7, 11) is 3.18. The second-order valence-corrected chi connectivity index (χ2v) is 11.6. The summed E-state index contributed by atoms with van der Waals surface area (Å²) in [5.74, 6) is 1.24. The Labute approximate surface area is 288 Å². The van der Waals surface area contributed by atoms with Gasteiger partial charge in [0.15, 0.2) is 0 Å². The predicted octanol–water partition coefficient (Wildman–Crippen LogP) is 9.21. The highest BCUT2D eigenvalue weighted by Crippen LogP contribution is 2.38. The number of nitro groups is 2. The van der Waals surface area contributed by atoms with Crippen molar-refractivity contribution in [3.63, 3.8) is 0 Å². The average molecular weight is 685 g/mol. The monoisotopic (exact) mass is 684 g/mol. The summed E-state index contributed by atoms with van der Waals surface area (Å²) in [6, 6.07) is 21.0. The summed E-state index contributed by atoms with van der Waals surface area (Å²) in [4.78, 5) is 31.4. The molecule has 0 unspecified atom stereocenters. The van der Waals surface area contributed by atoms with Gasteiger partial charge >= 0.3 is 0 Å². The Hall–Kier alpha value is -5.49. The smallest absolute Gasteiger partial charge is 0.271 e. The molecule has 0 atom stereocenters. The molecule has 0 aliphatic carbocycles. The summed E-state index contributed by atoms with van der Waals surface area (Å²) in [6.07, 6.45) is 6.28. The van der Waals surface area contributed by atoms with Gasteiger partial charge in [-0.15, -0.1) is 12.4 Å². The van der Waals surface area contributed by atoms with E-state index < -0.39 is 9.85 Å². The van der Waals surface area contributed by atoms with Gasteiger partial charge in [0, 0.05) is 58.9 Å². The van der Waals surface area contributed by atoms with E-state index in [1.807, 2.05) is 36.4 Å². The van der Waals surface area contributed by atoms with Crippen LogP contribution in [-0.2, 0) is 0 Å². The molecule has 0 aliphatic rings. The molecule has 2 N–H and O–H groups in total. The lowest BCUT2D eigenvalue weighted by molar-refractivity contribution is -0.384. The number of unbranched alkanes of at least 4 members (excludes halogenated alkanes) is 5. The Morgan fingerprint density at radius 1 is 0.592 bits per heavy atom. The Kier molecular flexibility index (Phi) is 11.1. The van der Waals surface area contributed by atoms with Crippen LogP contribution in [0.2, 0.25) is 0 Å². The van der Waals surface area contributed by atoms with Crippen molar-refractivity contribution >= 4 is 78.8 Å². The minimum Gasteiger partial charge on any atom is -0.494 e. The van der Waals surface area contributed by atoms with Gasteiger partial charge < -0.3 is 20.1 Å². The van der Waals surface area contributed by atoms with Crippen molar-refractivity contribution in [3.05, 3.63) is 93.0 Å². The van der Waals surface area contributed by atoms with E-state index in [0.29, 0.717) is 33.6 Å². The molecule has 6 rings (SSSR count). The molecule has 254 valence electrons. The van der Waals surface area contributed by atoms with E-state index in [-0.39, 0.29) is 23.8 Å². The Bertz CT molecular complexity index is 2010. The summed E-state index contributed by atoms with van der Waals surface area (Å²) in [5, 5.41) is 33.4.